The van der Waals surface area contributed by atoms with Crippen LogP contribution in [0.2, 0.25) is 0 Å². The third kappa shape index (κ3) is 1.91. The Morgan fingerprint density at radius 3 is 2.82 bits per heavy atom. The topological polar surface area (TPSA) is 31.2 Å². The molecule has 0 aliphatic rings. The Balaban J connectivity index is 2.96. The van der Waals surface area contributed by atoms with E-state index < -0.39 is 0 Å². The van der Waals surface area contributed by atoms with E-state index >= 15 is 0 Å². The van der Waals surface area contributed by atoms with Gasteiger partial charge in [0.1, 0.15) is 0 Å². The lowest BCUT2D eigenvalue weighted by Gasteiger charge is -2.00. The van der Waals surface area contributed by atoms with Crippen LogP contribution in [0.15, 0.2) is 23.1 Å². The number of methoxy groups -OCH3 is 1. The van der Waals surface area contributed by atoms with Crippen molar-refractivity contribution in [1.82, 2.24) is 4.57 Å². The van der Waals surface area contributed by atoms with E-state index in [1.54, 1.807) is 26.4 Å². The molecule has 1 aromatic rings. The van der Waals surface area contributed by atoms with Crippen LogP contribution < -0.4 is 5.56 Å². The molecule has 3 nitrogen and oxygen atoms in total. The second-order valence-electron chi connectivity index (χ2n) is 2.42. The quantitative estimate of drug-likeness (QED) is 0.620. The number of ether oxygens (including phenoxy) is 1. The summed E-state index contributed by atoms with van der Waals surface area (Å²) >= 11 is 0. The van der Waals surface area contributed by atoms with Gasteiger partial charge in [-0.1, -0.05) is 0 Å². The van der Waals surface area contributed by atoms with Crippen molar-refractivity contribution in [2.75, 3.05) is 7.11 Å². The molecule has 0 saturated heterocycles. The van der Waals surface area contributed by atoms with E-state index in [9.17, 15) is 4.79 Å². The molecule has 1 aromatic heterocycles. The molecule has 0 spiro atoms. The SMILES string of the molecule is COCc1ccc(=O)n(C)c1. The maximum absolute atomic E-state index is 10.9. The molecule has 0 saturated carbocycles. The Labute approximate surface area is 65.2 Å². The number of aryl methyl sites for hydroxylation is 1. The molecule has 60 valence electrons. The lowest BCUT2D eigenvalue weighted by Crippen LogP contribution is -2.14. The molecule has 1 rings (SSSR count). The van der Waals surface area contributed by atoms with Gasteiger partial charge in [0, 0.05) is 26.4 Å². The summed E-state index contributed by atoms with van der Waals surface area (Å²) in [5.41, 5.74) is 1.01. The molecule has 0 aliphatic carbocycles. The smallest absolute Gasteiger partial charge is 0.250 e. The lowest BCUT2D eigenvalue weighted by molar-refractivity contribution is 0.184. The van der Waals surface area contributed by atoms with Crippen LogP contribution in [0, 0.1) is 0 Å². The minimum absolute atomic E-state index is 0.00449. The zero-order valence-electron chi connectivity index (χ0n) is 6.70. The predicted octanol–water partition coefficient (Wildman–Crippen LogP) is 0.532. The number of hydrogen-bond donors (Lipinski definition) is 0. The van der Waals surface area contributed by atoms with E-state index in [2.05, 4.69) is 0 Å². The molecule has 0 amide bonds. The van der Waals surface area contributed by atoms with Crippen LogP contribution in [0.3, 0.4) is 0 Å². The average molecular weight is 153 g/mol. The number of pyridine rings is 1. The summed E-state index contributed by atoms with van der Waals surface area (Å²) in [5.74, 6) is 0. The van der Waals surface area contributed by atoms with Crippen molar-refractivity contribution < 1.29 is 4.74 Å². The zero-order chi connectivity index (χ0) is 8.27. The normalized spacial score (nSPS) is 10.0. The van der Waals surface area contributed by atoms with Gasteiger partial charge in [-0.05, 0) is 11.6 Å². The predicted molar refractivity (Wildman–Crippen MR) is 42.4 cm³/mol. The summed E-state index contributed by atoms with van der Waals surface area (Å²) in [5, 5.41) is 0. The van der Waals surface area contributed by atoms with Crippen molar-refractivity contribution in [1.29, 1.82) is 0 Å². The molecule has 1 heterocycles. The first kappa shape index (κ1) is 8.01. The van der Waals surface area contributed by atoms with E-state index in [0.717, 1.165) is 5.56 Å². The van der Waals surface area contributed by atoms with Gasteiger partial charge >= 0.3 is 0 Å². The van der Waals surface area contributed by atoms with Gasteiger partial charge < -0.3 is 9.30 Å². The van der Waals surface area contributed by atoms with Crippen LogP contribution in [-0.4, -0.2) is 11.7 Å². The van der Waals surface area contributed by atoms with Crippen LogP contribution in [0.25, 0.3) is 0 Å². The van der Waals surface area contributed by atoms with Crippen molar-refractivity contribution in [2.24, 2.45) is 7.05 Å². The van der Waals surface area contributed by atoms with Crippen molar-refractivity contribution in [2.45, 2.75) is 6.61 Å². The van der Waals surface area contributed by atoms with Crippen molar-refractivity contribution in [3.05, 3.63) is 34.2 Å². The molecule has 0 unspecified atom stereocenters. The first-order valence-corrected chi connectivity index (χ1v) is 3.38. The fourth-order valence-electron chi connectivity index (χ4n) is 0.903. The molecule has 0 aromatic carbocycles. The van der Waals surface area contributed by atoms with E-state index in [4.69, 9.17) is 4.74 Å². The van der Waals surface area contributed by atoms with Crippen molar-refractivity contribution >= 4 is 0 Å². The molecular formula is C8H11NO2. The first-order valence-electron chi connectivity index (χ1n) is 3.38. The molecule has 0 radical (unpaired) electrons. The second kappa shape index (κ2) is 3.34. The largest absolute Gasteiger partial charge is 0.380 e. The molecule has 11 heavy (non-hydrogen) atoms. The van der Waals surface area contributed by atoms with Gasteiger partial charge in [0.05, 0.1) is 6.61 Å². The highest BCUT2D eigenvalue weighted by atomic mass is 16.5. The molecule has 0 N–H and O–H groups in total. The van der Waals surface area contributed by atoms with E-state index in [0.29, 0.717) is 6.61 Å². The van der Waals surface area contributed by atoms with Gasteiger partial charge in [-0.2, -0.15) is 0 Å². The van der Waals surface area contributed by atoms with E-state index in [1.807, 2.05) is 0 Å². The van der Waals surface area contributed by atoms with Crippen LogP contribution in [-0.2, 0) is 18.4 Å². The molecule has 0 bridgehead atoms. The average Bonchev–Trinajstić information content (AvgIpc) is 1.98. The van der Waals surface area contributed by atoms with Gasteiger partial charge in [0.15, 0.2) is 0 Å². The number of nitrogens with zero attached hydrogens (tertiary/aromatic N) is 1. The van der Waals surface area contributed by atoms with Crippen LogP contribution >= 0.6 is 0 Å². The highest BCUT2D eigenvalue weighted by Crippen LogP contribution is 1.95. The molecule has 0 fully saturated rings. The van der Waals surface area contributed by atoms with Gasteiger partial charge in [0.2, 0.25) is 5.56 Å². The minimum atomic E-state index is 0.00449. The Bertz CT molecular complexity index is 290. The molecule has 0 aliphatic heterocycles. The Morgan fingerprint density at radius 1 is 1.55 bits per heavy atom. The number of rotatable bonds is 2. The maximum Gasteiger partial charge on any atom is 0.250 e. The van der Waals surface area contributed by atoms with Crippen LogP contribution in [0.4, 0.5) is 0 Å². The third-order valence-corrected chi connectivity index (χ3v) is 1.46. The molecule has 3 heteroatoms. The highest BCUT2D eigenvalue weighted by Gasteiger charge is 1.92. The van der Waals surface area contributed by atoms with Crippen molar-refractivity contribution in [3.63, 3.8) is 0 Å². The third-order valence-electron chi connectivity index (χ3n) is 1.46. The summed E-state index contributed by atoms with van der Waals surface area (Å²) < 4.78 is 6.44. The summed E-state index contributed by atoms with van der Waals surface area (Å²) in [6.45, 7) is 0.550. The fraction of sp³-hybridized carbons (Fsp3) is 0.375. The lowest BCUT2D eigenvalue weighted by atomic mass is 10.3. The van der Waals surface area contributed by atoms with Crippen molar-refractivity contribution in [3.8, 4) is 0 Å². The highest BCUT2D eigenvalue weighted by molar-refractivity contribution is 5.08. The van der Waals surface area contributed by atoms with Gasteiger partial charge in [-0.15, -0.1) is 0 Å². The number of hydrogen-bond acceptors (Lipinski definition) is 2. The summed E-state index contributed by atoms with van der Waals surface area (Å²) in [6.07, 6.45) is 1.77. The molecule has 0 atom stereocenters. The summed E-state index contributed by atoms with van der Waals surface area (Å²) in [6, 6.07) is 3.31. The van der Waals surface area contributed by atoms with Gasteiger partial charge in [-0.3, -0.25) is 4.79 Å². The summed E-state index contributed by atoms with van der Waals surface area (Å²) in [4.78, 5) is 10.9. The summed E-state index contributed by atoms with van der Waals surface area (Å²) in [7, 11) is 3.35. The minimum Gasteiger partial charge on any atom is -0.380 e. The molecular weight excluding hydrogens is 142 g/mol. The van der Waals surface area contributed by atoms with Gasteiger partial charge in [0.25, 0.3) is 0 Å². The van der Waals surface area contributed by atoms with Gasteiger partial charge in [-0.25, -0.2) is 0 Å². The fourth-order valence-corrected chi connectivity index (χ4v) is 0.903. The monoisotopic (exact) mass is 153 g/mol. The van der Waals surface area contributed by atoms with Crippen LogP contribution in [0.5, 0.6) is 0 Å². The van der Waals surface area contributed by atoms with E-state index in [1.165, 1.54) is 10.6 Å². The standard InChI is InChI=1S/C8H11NO2/c1-9-5-7(6-11-2)3-4-8(9)10/h3-5H,6H2,1-2H3. The Kier molecular flexibility index (Phi) is 2.44. The zero-order valence-corrected chi connectivity index (χ0v) is 6.70. The second-order valence-corrected chi connectivity index (χ2v) is 2.42. The first-order chi connectivity index (χ1) is 5.24. The number of aromatic nitrogens is 1. The Hall–Kier alpha value is -1.09. The van der Waals surface area contributed by atoms with E-state index in [-0.39, 0.29) is 5.56 Å². The van der Waals surface area contributed by atoms with Crippen LogP contribution in [0.1, 0.15) is 5.56 Å². The Morgan fingerprint density at radius 2 is 2.27 bits per heavy atom. The maximum atomic E-state index is 10.9.